The molecule has 0 atom stereocenters. The number of allylic oxidation sites excluding steroid dienone is 2. The third-order valence-electron chi connectivity index (χ3n) is 4.65. The van der Waals surface area contributed by atoms with Crippen molar-refractivity contribution in [3.8, 4) is 0 Å². The molecule has 0 aliphatic rings. The van der Waals surface area contributed by atoms with Gasteiger partial charge in [0, 0.05) is 5.56 Å². The van der Waals surface area contributed by atoms with Crippen molar-refractivity contribution in [3.63, 3.8) is 0 Å². The van der Waals surface area contributed by atoms with Gasteiger partial charge in [-0.25, -0.2) is 4.99 Å². The predicted molar refractivity (Wildman–Crippen MR) is 117 cm³/mol. The maximum Gasteiger partial charge on any atom is 0.0718 e. The van der Waals surface area contributed by atoms with E-state index in [2.05, 4.69) is 79.7 Å². The van der Waals surface area contributed by atoms with Crippen molar-refractivity contribution in [3.05, 3.63) is 120 Å². The lowest BCUT2D eigenvalue weighted by Gasteiger charge is -2.09. The summed E-state index contributed by atoms with van der Waals surface area (Å²) < 4.78 is 0. The van der Waals surface area contributed by atoms with Crippen LogP contribution in [0, 0.1) is 0 Å². The van der Waals surface area contributed by atoms with Crippen LogP contribution in [-0.2, 0) is 0 Å². The van der Waals surface area contributed by atoms with Crippen molar-refractivity contribution in [1.82, 2.24) is 0 Å². The molecule has 130 valence electrons. The highest BCUT2D eigenvalue weighted by atomic mass is 14.7. The van der Waals surface area contributed by atoms with Crippen LogP contribution in [-0.4, -0.2) is 5.71 Å². The van der Waals surface area contributed by atoms with Gasteiger partial charge in [-0.1, -0.05) is 91.0 Å². The molecule has 0 bridgehead atoms. The minimum Gasteiger partial charge on any atom is -0.248 e. The summed E-state index contributed by atoms with van der Waals surface area (Å²) in [5.41, 5.74) is 5.47. The molecule has 0 amide bonds. The number of benzene rings is 4. The number of aliphatic imine (C=N–C) groups is 1. The highest BCUT2D eigenvalue weighted by Gasteiger charge is 2.08. The van der Waals surface area contributed by atoms with E-state index in [4.69, 9.17) is 4.99 Å². The first-order valence-electron chi connectivity index (χ1n) is 9.17. The Morgan fingerprint density at radius 2 is 1.30 bits per heavy atom. The van der Waals surface area contributed by atoms with Crippen LogP contribution in [0.25, 0.3) is 16.3 Å². The molecule has 0 spiro atoms. The lowest BCUT2D eigenvalue weighted by atomic mass is 9.98. The highest BCUT2D eigenvalue weighted by molar-refractivity contribution is 6.19. The quantitative estimate of drug-likeness (QED) is 0.350. The molecule has 1 nitrogen and oxygen atoms in total. The molecule has 4 aromatic rings. The summed E-state index contributed by atoms with van der Waals surface area (Å²) in [5, 5.41) is 2.44. The van der Waals surface area contributed by atoms with Crippen molar-refractivity contribution in [2.24, 2.45) is 4.99 Å². The lowest BCUT2D eigenvalue weighted by molar-refractivity contribution is 1.50. The largest absolute Gasteiger partial charge is 0.248 e. The van der Waals surface area contributed by atoms with Gasteiger partial charge in [-0.05, 0) is 47.0 Å². The minimum atomic E-state index is 0.956. The van der Waals surface area contributed by atoms with E-state index in [1.807, 2.05) is 36.4 Å². The molecule has 0 unspecified atom stereocenters. The fourth-order valence-electron chi connectivity index (χ4n) is 3.25. The number of para-hydroxylation sites is 1. The van der Waals surface area contributed by atoms with E-state index >= 15 is 0 Å². The summed E-state index contributed by atoms with van der Waals surface area (Å²) >= 11 is 0. The Balaban J connectivity index is 1.90. The van der Waals surface area contributed by atoms with E-state index in [1.165, 1.54) is 21.9 Å². The van der Waals surface area contributed by atoms with Gasteiger partial charge >= 0.3 is 0 Å². The van der Waals surface area contributed by atoms with Crippen LogP contribution in [0.3, 0.4) is 0 Å². The summed E-state index contributed by atoms with van der Waals surface area (Å²) in [6.07, 6.45) is 2.18. The van der Waals surface area contributed by atoms with Gasteiger partial charge < -0.3 is 0 Å². The van der Waals surface area contributed by atoms with Crippen molar-refractivity contribution in [2.45, 2.75) is 6.92 Å². The Labute approximate surface area is 160 Å². The first-order valence-corrected chi connectivity index (χ1v) is 9.17. The molecule has 0 aliphatic heterocycles. The van der Waals surface area contributed by atoms with Crippen molar-refractivity contribution in [1.29, 1.82) is 0 Å². The van der Waals surface area contributed by atoms with Gasteiger partial charge in [-0.3, -0.25) is 0 Å². The van der Waals surface area contributed by atoms with Crippen LogP contribution in [0.4, 0.5) is 5.69 Å². The maximum atomic E-state index is 4.98. The Morgan fingerprint density at radius 1 is 0.667 bits per heavy atom. The number of hydrogen-bond donors (Lipinski definition) is 0. The smallest absolute Gasteiger partial charge is 0.0718 e. The topological polar surface area (TPSA) is 12.4 Å². The molecular formula is C26H21N. The summed E-state index contributed by atoms with van der Waals surface area (Å²) in [5.74, 6) is 0. The molecule has 27 heavy (non-hydrogen) atoms. The monoisotopic (exact) mass is 347 g/mol. The average molecular weight is 347 g/mol. The zero-order chi connectivity index (χ0) is 18.5. The molecule has 0 saturated carbocycles. The van der Waals surface area contributed by atoms with Crippen LogP contribution in [0.15, 0.2) is 114 Å². The number of nitrogens with zero attached hydrogens (tertiary/aromatic N) is 1. The zero-order valence-corrected chi connectivity index (χ0v) is 15.3. The number of hydrogen-bond acceptors (Lipinski definition) is 1. The van der Waals surface area contributed by atoms with E-state index in [1.54, 1.807) is 0 Å². The first-order chi connectivity index (χ1) is 13.3. The second kappa shape index (κ2) is 7.84. The Hall–Kier alpha value is -3.45. The molecule has 0 saturated heterocycles. The second-order valence-electron chi connectivity index (χ2n) is 6.55. The van der Waals surface area contributed by atoms with Crippen molar-refractivity contribution < 1.29 is 0 Å². The van der Waals surface area contributed by atoms with Gasteiger partial charge in [0.15, 0.2) is 0 Å². The predicted octanol–water partition coefficient (Wildman–Crippen LogP) is 7.06. The van der Waals surface area contributed by atoms with Crippen LogP contribution in [0.1, 0.15) is 18.1 Å². The van der Waals surface area contributed by atoms with Gasteiger partial charge in [0.2, 0.25) is 0 Å². The molecule has 0 aliphatic carbocycles. The van der Waals surface area contributed by atoms with E-state index in [0.29, 0.717) is 0 Å². The highest BCUT2D eigenvalue weighted by Crippen LogP contribution is 2.24. The molecule has 1 heteroatoms. The molecule has 0 N–H and O–H groups in total. The molecule has 4 rings (SSSR count). The fourth-order valence-corrected chi connectivity index (χ4v) is 3.25. The Morgan fingerprint density at radius 3 is 2.07 bits per heavy atom. The number of fused-ring (bicyclic) bond motifs is 1. The molecule has 0 fully saturated rings. The van der Waals surface area contributed by atoms with E-state index < -0.39 is 0 Å². The lowest BCUT2D eigenvalue weighted by Crippen LogP contribution is -1.99. The third-order valence-corrected chi connectivity index (χ3v) is 4.65. The SMILES string of the molecule is C/C(=C\C(=Nc1ccccc1)c1cccc2ccccc12)c1ccccc1. The van der Waals surface area contributed by atoms with Gasteiger partial charge in [-0.2, -0.15) is 0 Å². The summed E-state index contributed by atoms with van der Waals surface area (Å²) in [6.45, 7) is 2.14. The van der Waals surface area contributed by atoms with Gasteiger partial charge in [0.1, 0.15) is 0 Å². The van der Waals surface area contributed by atoms with Crippen molar-refractivity contribution in [2.75, 3.05) is 0 Å². The summed E-state index contributed by atoms with van der Waals surface area (Å²) in [6, 6.07) is 35.4. The molecule has 0 radical (unpaired) electrons. The molecule has 4 aromatic carbocycles. The summed E-state index contributed by atoms with van der Waals surface area (Å²) in [4.78, 5) is 4.98. The molecule has 0 aromatic heterocycles. The fraction of sp³-hybridized carbons (Fsp3) is 0.0385. The normalized spacial score (nSPS) is 12.3. The zero-order valence-electron chi connectivity index (χ0n) is 15.3. The van der Waals surface area contributed by atoms with E-state index in [0.717, 1.165) is 17.0 Å². The van der Waals surface area contributed by atoms with Crippen LogP contribution < -0.4 is 0 Å². The van der Waals surface area contributed by atoms with Gasteiger partial charge in [0.25, 0.3) is 0 Å². The first kappa shape index (κ1) is 17.0. The van der Waals surface area contributed by atoms with Crippen molar-refractivity contribution >= 4 is 27.7 Å². The summed E-state index contributed by atoms with van der Waals surface area (Å²) in [7, 11) is 0. The second-order valence-corrected chi connectivity index (χ2v) is 6.55. The third kappa shape index (κ3) is 3.88. The van der Waals surface area contributed by atoms with Crippen LogP contribution >= 0.6 is 0 Å². The molecule has 0 heterocycles. The van der Waals surface area contributed by atoms with Gasteiger partial charge in [0.05, 0.1) is 11.4 Å². The Kier molecular flexibility index (Phi) is 4.93. The van der Waals surface area contributed by atoms with Crippen LogP contribution in [0.2, 0.25) is 0 Å². The average Bonchev–Trinajstić information content (AvgIpc) is 2.74. The Bertz CT molecular complexity index is 1100. The van der Waals surface area contributed by atoms with Crippen LogP contribution in [0.5, 0.6) is 0 Å². The molecular weight excluding hydrogens is 326 g/mol. The van der Waals surface area contributed by atoms with E-state index in [9.17, 15) is 0 Å². The minimum absolute atomic E-state index is 0.956. The van der Waals surface area contributed by atoms with Gasteiger partial charge in [-0.15, -0.1) is 0 Å². The maximum absolute atomic E-state index is 4.98. The van der Waals surface area contributed by atoms with E-state index in [-0.39, 0.29) is 0 Å². The number of rotatable bonds is 4. The standard InChI is InChI=1S/C26H21N/c1-20(21-11-4-2-5-12-21)19-26(27-23-15-6-3-7-16-23)25-18-10-14-22-13-8-9-17-24(22)25/h2-19H,1H3/b20-19+,27-26?.